The van der Waals surface area contributed by atoms with Gasteiger partial charge in [-0.1, -0.05) is 25.3 Å². The lowest BCUT2D eigenvalue weighted by Crippen LogP contribution is -2.41. The van der Waals surface area contributed by atoms with Crippen molar-refractivity contribution in [2.45, 2.75) is 57.8 Å². The molecule has 1 heterocycles. The lowest BCUT2D eigenvalue weighted by atomic mass is 9.95. The third-order valence-corrected chi connectivity index (χ3v) is 4.94. The largest absolute Gasteiger partial charge is 0.493 e. The molecule has 162 valence electrons. The van der Waals surface area contributed by atoms with E-state index in [1.54, 1.807) is 18.2 Å². The van der Waals surface area contributed by atoms with E-state index in [4.69, 9.17) is 18.9 Å². The van der Waals surface area contributed by atoms with Gasteiger partial charge in [0.2, 0.25) is 0 Å². The summed E-state index contributed by atoms with van der Waals surface area (Å²) in [5.74, 6) is -2.23. The van der Waals surface area contributed by atoms with Crippen LogP contribution in [0.3, 0.4) is 0 Å². The first-order valence-electron chi connectivity index (χ1n) is 10.1. The van der Waals surface area contributed by atoms with Crippen molar-refractivity contribution in [3.8, 4) is 11.5 Å². The molecule has 1 amide bonds. The van der Waals surface area contributed by atoms with Crippen molar-refractivity contribution >= 4 is 23.9 Å². The summed E-state index contributed by atoms with van der Waals surface area (Å²) in [6.07, 6.45) is 6.85. The second-order valence-electron chi connectivity index (χ2n) is 7.84. The Morgan fingerprint density at radius 1 is 1.13 bits per heavy atom. The van der Waals surface area contributed by atoms with Crippen LogP contribution in [-0.4, -0.2) is 43.4 Å². The van der Waals surface area contributed by atoms with Crippen molar-refractivity contribution < 1.29 is 33.3 Å². The van der Waals surface area contributed by atoms with E-state index in [-0.39, 0.29) is 24.1 Å². The summed E-state index contributed by atoms with van der Waals surface area (Å²) in [6.45, 7) is 2.85. The van der Waals surface area contributed by atoms with Gasteiger partial charge < -0.3 is 24.3 Å². The molecule has 0 spiro atoms. The van der Waals surface area contributed by atoms with E-state index >= 15 is 0 Å². The first kappa shape index (κ1) is 21.7. The highest BCUT2D eigenvalue weighted by molar-refractivity contribution is 6.18. The van der Waals surface area contributed by atoms with Gasteiger partial charge in [0.1, 0.15) is 5.57 Å². The normalized spacial score (nSPS) is 18.8. The number of amides is 1. The minimum Gasteiger partial charge on any atom is -0.493 e. The van der Waals surface area contributed by atoms with Crippen LogP contribution in [0.4, 0.5) is 0 Å². The third-order valence-electron chi connectivity index (χ3n) is 4.94. The molecule has 0 aromatic heterocycles. The van der Waals surface area contributed by atoms with E-state index in [0.717, 1.165) is 25.7 Å². The fraction of sp³-hybridized carbons (Fsp3) is 0.500. The molecule has 30 heavy (non-hydrogen) atoms. The molecule has 1 aliphatic carbocycles. The van der Waals surface area contributed by atoms with E-state index in [2.05, 4.69) is 5.32 Å². The van der Waals surface area contributed by atoms with Crippen LogP contribution in [0.2, 0.25) is 0 Å². The minimum absolute atomic E-state index is 0.124. The lowest BCUT2D eigenvalue weighted by Gasteiger charge is -2.29. The van der Waals surface area contributed by atoms with Gasteiger partial charge >= 0.3 is 11.9 Å². The molecular formula is C22H27NO7. The third kappa shape index (κ3) is 5.52. The molecule has 0 atom stereocenters. The number of cyclic esters (lactones) is 2. The molecule has 1 aliphatic heterocycles. The molecular weight excluding hydrogens is 390 g/mol. The molecule has 2 aliphatic rings. The first-order chi connectivity index (χ1) is 14.3. The molecule has 1 aromatic carbocycles. The molecule has 2 fully saturated rings. The number of carbonyl (C=O) groups excluding carboxylic acids is 3. The van der Waals surface area contributed by atoms with Crippen LogP contribution in [0.1, 0.15) is 51.5 Å². The summed E-state index contributed by atoms with van der Waals surface area (Å²) in [5, 5.41) is 2.99. The SMILES string of the molecule is COc1cc(C=C2C(=O)OC(C)(C)OC2=O)ccc1OCC(=O)NC1CCCCC1. The molecule has 8 heteroatoms. The summed E-state index contributed by atoms with van der Waals surface area (Å²) in [5.41, 5.74) is 0.311. The Hall–Kier alpha value is -3.03. The van der Waals surface area contributed by atoms with E-state index < -0.39 is 17.7 Å². The minimum atomic E-state index is -1.29. The predicted octanol–water partition coefficient (Wildman–Crippen LogP) is 2.74. The summed E-state index contributed by atoms with van der Waals surface area (Å²) < 4.78 is 21.1. The summed E-state index contributed by atoms with van der Waals surface area (Å²) >= 11 is 0. The van der Waals surface area contributed by atoms with Gasteiger partial charge in [-0.05, 0) is 36.6 Å². The van der Waals surface area contributed by atoms with E-state index in [1.807, 2.05) is 0 Å². The Kier molecular flexibility index (Phi) is 6.64. The number of hydrogen-bond donors (Lipinski definition) is 1. The average molecular weight is 417 g/mol. The van der Waals surface area contributed by atoms with Gasteiger partial charge in [-0.3, -0.25) is 4.79 Å². The monoisotopic (exact) mass is 417 g/mol. The standard InChI is InChI=1S/C22H27NO7/c1-22(2)29-20(25)16(21(26)30-22)11-14-9-10-17(18(12-14)27-3)28-13-19(24)23-15-7-5-4-6-8-15/h9-12,15H,4-8,13H2,1-3H3,(H,23,24). The van der Waals surface area contributed by atoms with Crippen molar-refractivity contribution in [2.75, 3.05) is 13.7 Å². The number of methoxy groups -OCH3 is 1. The van der Waals surface area contributed by atoms with Crippen LogP contribution < -0.4 is 14.8 Å². The maximum Gasteiger partial charge on any atom is 0.348 e. The zero-order valence-electron chi connectivity index (χ0n) is 17.5. The van der Waals surface area contributed by atoms with Crippen LogP contribution in [0.5, 0.6) is 11.5 Å². The number of esters is 2. The highest BCUT2D eigenvalue weighted by atomic mass is 16.7. The van der Waals surface area contributed by atoms with Gasteiger partial charge in [0.25, 0.3) is 11.7 Å². The Morgan fingerprint density at radius 2 is 1.80 bits per heavy atom. The molecule has 0 bridgehead atoms. The van der Waals surface area contributed by atoms with Crippen LogP contribution in [0.15, 0.2) is 23.8 Å². The number of carbonyl (C=O) groups is 3. The Morgan fingerprint density at radius 3 is 2.43 bits per heavy atom. The van der Waals surface area contributed by atoms with Crippen molar-refractivity contribution in [3.63, 3.8) is 0 Å². The quantitative estimate of drug-likeness (QED) is 0.431. The fourth-order valence-electron chi connectivity index (χ4n) is 3.50. The van der Waals surface area contributed by atoms with Crippen molar-refractivity contribution in [3.05, 3.63) is 29.3 Å². The van der Waals surface area contributed by atoms with Crippen molar-refractivity contribution in [1.82, 2.24) is 5.32 Å². The molecule has 1 N–H and O–H groups in total. The first-order valence-corrected chi connectivity index (χ1v) is 10.1. The van der Waals surface area contributed by atoms with E-state index in [9.17, 15) is 14.4 Å². The van der Waals surface area contributed by atoms with Crippen molar-refractivity contribution in [1.29, 1.82) is 0 Å². The Bertz CT molecular complexity index is 831. The zero-order chi connectivity index (χ0) is 21.7. The van der Waals surface area contributed by atoms with Gasteiger partial charge in [0, 0.05) is 19.9 Å². The van der Waals surface area contributed by atoms with Gasteiger partial charge in [-0.2, -0.15) is 0 Å². The maximum absolute atomic E-state index is 12.1. The second-order valence-corrected chi connectivity index (χ2v) is 7.84. The predicted molar refractivity (Wildman–Crippen MR) is 108 cm³/mol. The molecule has 1 saturated carbocycles. The van der Waals surface area contributed by atoms with E-state index in [0.29, 0.717) is 17.1 Å². The molecule has 0 unspecified atom stereocenters. The van der Waals surface area contributed by atoms with Crippen molar-refractivity contribution in [2.24, 2.45) is 0 Å². The van der Waals surface area contributed by atoms with Gasteiger partial charge in [-0.15, -0.1) is 0 Å². The van der Waals surface area contributed by atoms with Crippen LogP contribution in [-0.2, 0) is 23.9 Å². The number of nitrogens with one attached hydrogen (secondary N) is 1. The molecule has 1 saturated heterocycles. The summed E-state index contributed by atoms with van der Waals surface area (Å²) in [6, 6.07) is 5.07. The summed E-state index contributed by atoms with van der Waals surface area (Å²) in [4.78, 5) is 36.3. The Labute approximate surface area is 175 Å². The molecule has 1 aromatic rings. The average Bonchev–Trinajstić information content (AvgIpc) is 2.69. The molecule has 0 radical (unpaired) electrons. The molecule has 8 nitrogen and oxygen atoms in total. The van der Waals surface area contributed by atoms with Crippen LogP contribution >= 0.6 is 0 Å². The van der Waals surface area contributed by atoms with Crippen LogP contribution in [0, 0.1) is 0 Å². The maximum atomic E-state index is 12.1. The van der Waals surface area contributed by atoms with Gasteiger partial charge in [0.05, 0.1) is 7.11 Å². The smallest absolute Gasteiger partial charge is 0.348 e. The topological polar surface area (TPSA) is 100 Å². The lowest BCUT2D eigenvalue weighted by molar-refractivity contribution is -0.222. The highest BCUT2D eigenvalue weighted by Crippen LogP contribution is 2.30. The number of ether oxygens (including phenoxy) is 4. The summed E-state index contributed by atoms with van der Waals surface area (Å²) in [7, 11) is 1.47. The fourth-order valence-corrected chi connectivity index (χ4v) is 3.50. The zero-order valence-corrected chi connectivity index (χ0v) is 17.5. The van der Waals surface area contributed by atoms with Gasteiger partial charge in [0.15, 0.2) is 18.1 Å². The highest BCUT2D eigenvalue weighted by Gasteiger charge is 2.38. The number of rotatable bonds is 6. The van der Waals surface area contributed by atoms with Crippen LogP contribution in [0.25, 0.3) is 6.08 Å². The number of benzene rings is 1. The molecule has 3 rings (SSSR count). The van der Waals surface area contributed by atoms with Gasteiger partial charge in [-0.25, -0.2) is 9.59 Å². The van der Waals surface area contributed by atoms with E-state index in [1.165, 1.54) is 33.5 Å². The Balaban J connectivity index is 1.65. The second kappa shape index (κ2) is 9.19. The number of hydrogen-bond acceptors (Lipinski definition) is 7.